The summed E-state index contributed by atoms with van der Waals surface area (Å²) in [6, 6.07) is 13.4. The van der Waals surface area contributed by atoms with E-state index < -0.39 is 10.0 Å². The minimum atomic E-state index is -3.44. The van der Waals surface area contributed by atoms with E-state index >= 15 is 0 Å². The van der Waals surface area contributed by atoms with Crippen molar-refractivity contribution < 1.29 is 13.2 Å². The number of benzene rings is 1. The lowest BCUT2D eigenvalue weighted by Crippen LogP contribution is -2.48. The van der Waals surface area contributed by atoms with E-state index in [1.165, 1.54) is 9.71 Å². The summed E-state index contributed by atoms with van der Waals surface area (Å²) in [7, 11) is -3.44. The van der Waals surface area contributed by atoms with E-state index in [2.05, 4.69) is 20.0 Å². The van der Waals surface area contributed by atoms with E-state index in [1.54, 1.807) is 6.08 Å². The standard InChI is InChI=1S/C20H25N5O3S/c26-29(27,17-8-18-4-2-1-3-5-18)25-11-9-23(10-12-25)19-6-7-20(22-21-19)24-13-15-28-16-14-24/h1-8,17H,9-16H2/b17-8+. The van der Waals surface area contributed by atoms with Crippen LogP contribution >= 0.6 is 0 Å². The molecule has 0 bridgehead atoms. The lowest BCUT2D eigenvalue weighted by Gasteiger charge is -2.34. The summed E-state index contributed by atoms with van der Waals surface area (Å²) in [5.74, 6) is 1.63. The van der Waals surface area contributed by atoms with Gasteiger partial charge in [0.15, 0.2) is 11.6 Å². The van der Waals surface area contributed by atoms with Crippen molar-refractivity contribution >= 4 is 27.7 Å². The van der Waals surface area contributed by atoms with Gasteiger partial charge in [-0.25, -0.2) is 8.42 Å². The Labute approximate surface area is 171 Å². The van der Waals surface area contributed by atoms with Crippen LogP contribution in [0.5, 0.6) is 0 Å². The SMILES string of the molecule is O=S(=O)(/C=C/c1ccccc1)N1CCN(c2ccc(N3CCOCC3)nn2)CC1. The molecule has 2 aliphatic heterocycles. The number of rotatable bonds is 5. The lowest BCUT2D eigenvalue weighted by molar-refractivity contribution is 0.122. The van der Waals surface area contributed by atoms with Crippen LogP contribution in [0.4, 0.5) is 11.6 Å². The highest BCUT2D eigenvalue weighted by molar-refractivity contribution is 7.92. The fourth-order valence-corrected chi connectivity index (χ4v) is 4.61. The molecule has 0 atom stereocenters. The van der Waals surface area contributed by atoms with Gasteiger partial charge < -0.3 is 14.5 Å². The first-order valence-electron chi connectivity index (χ1n) is 9.76. The number of morpholine rings is 1. The van der Waals surface area contributed by atoms with Gasteiger partial charge in [-0.2, -0.15) is 4.31 Å². The zero-order valence-corrected chi connectivity index (χ0v) is 17.0. The van der Waals surface area contributed by atoms with Crippen molar-refractivity contribution in [3.63, 3.8) is 0 Å². The maximum absolute atomic E-state index is 12.6. The van der Waals surface area contributed by atoms with Gasteiger partial charge in [0, 0.05) is 44.7 Å². The monoisotopic (exact) mass is 415 g/mol. The van der Waals surface area contributed by atoms with Gasteiger partial charge in [-0.3, -0.25) is 0 Å². The number of ether oxygens (including phenoxy) is 1. The molecular formula is C20H25N5O3S. The van der Waals surface area contributed by atoms with E-state index in [4.69, 9.17) is 4.74 Å². The summed E-state index contributed by atoms with van der Waals surface area (Å²) in [5.41, 5.74) is 0.866. The number of nitrogens with zero attached hydrogens (tertiary/aromatic N) is 5. The summed E-state index contributed by atoms with van der Waals surface area (Å²) >= 11 is 0. The average Bonchev–Trinajstić information content (AvgIpc) is 2.79. The second kappa shape index (κ2) is 8.89. The van der Waals surface area contributed by atoms with Crippen LogP contribution in [0, 0.1) is 0 Å². The average molecular weight is 416 g/mol. The molecule has 0 N–H and O–H groups in total. The van der Waals surface area contributed by atoms with Crippen LogP contribution in [-0.2, 0) is 14.8 Å². The van der Waals surface area contributed by atoms with Crippen LogP contribution in [-0.4, -0.2) is 75.4 Å². The van der Waals surface area contributed by atoms with Crippen molar-refractivity contribution in [2.45, 2.75) is 0 Å². The molecule has 0 spiro atoms. The molecule has 0 amide bonds. The molecule has 0 aliphatic carbocycles. The largest absolute Gasteiger partial charge is 0.378 e. The van der Waals surface area contributed by atoms with E-state index in [9.17, 15) is 8.42 Å². The Morgan fingerprint density at radius 1 is 0.793 bits per heavy atom. The van der Waals surface area contributed by atoms with Gasteiger partial charge in [0.05, 0.1) is 13.2 Å². The molecule has 9 heteroatoms. The van der Waals surface area contributed by atoms with E-state index in [1.807, 2.05) is 42.5 Å². The van der Waals surface area contributed by atoms with Crippen molar-refractivity contribution in [1.82, 2.24) is 14.5 Å². The second-order valence-electron chi connectivity index (χ2n) is 6.99. The molecular weight excluding hydrogens is 390 g/mol. The molecule has 154 valence electrons. The van der Waals surface area contributed by atoms with Gasteiger partial charge in [0.25, 0.3) is 0 Å². The molecule has 4 rings (SSSR count). The number of anilines is 2. The lowest BCUT2D eigenvalue weighted by atomic mass is 10.2. The van der Waals surface area contributed by atoms with Crippen LogP contribution in [0.1, 0.15) is 5.56 Å². The molecule has 1 aromatic heterocycles. The third-order valence-electron chi connectivity index (χ3n) is 5.13. The molecule has 0 saturated carbocycles. The topological polar surface area (TPSA) is 78.9 Å². The van der Waals surface area contributed by atoms with Crippen LogP contribution in [0.3, 0.4) is 0 Å². The number of hydrogen-bond donors (Lipinski definition) is 0. The van der Waals surface area contributed by atoms with Gasteiger partial charge in [0.2, 0.25) is 10.0 Å². The normalized spacial score (nSPS) is 19.0. The minimum Gasteiger partial charge on any atom is -0.378 e. The van der Waals surface area contributed by atoms with Crippen LogP contribution in [0.25, 0.3) is 6.08 Å². The molecule has 3 heterocycles. The summed E-state index contributed by atoms with van der Waals surface area (Å²) in [6.07, 6.45) is 1.64. The zero-order valence-electron chi connectivity index (χ0n) is 16.2. The summed E-state index contributed by atoms with van der Waals surface area (Å²) in [6.45, 7) is 5.08. The smallest absolute Gasteiger partial charge is 0.236 e. The Morgan fingerprint density at radius 3 is 1.97 bits per heavy atom. The van der Waals surface area contributed by atoms with Gasteiger partial charge in [-0.05, 0) is 23.8 Å². The Kier molecular flexibility index (Phi) is 6.08. The molecule has 0 radical (unpaired) electrons. The van der Waals surface area contributed by atoms with Crippen LogP contribution in [0.15, 0.2) is 47.9 Å². The Balaban J connectivity index is 1.34. The highest BCUT2D eigenvalue weighted by atomic mass is 32.2. The van der Waals surface area contributed by atoms with Gasteiger partial charge in [-0.1, -0.05) is 30.3 Å². The van der Waals surface area contributed by atoms with E-state index in [0.29, 0.717) is 39.4 Å². The number of aromatic nitrogens is 2. The first kappa shape index (κ1) is 19.8. The molecule has 1 aromatic carbocycles. The minimum absolute atomic E-state index is 0.425. The second-order valence-corrected chi connectivity index (χ2v) is 8.81. The fraction of sp³-hybridized carbons (Fsp3) is 0.400. The van der Waals surface area contributed by atoms with Gasteiger partial charge in [-0.15, -0.1) is 10.2 Å². The first-order valence-corrected chi connectivity index (χ1v) is 11.3. The Morgan fingerprint density at radius 2 is 1.38 bits per heavy atom. The molecule has 2 fully saturated rings. The van der Waals surface area contributed by atoms with Crippen LogP contribution in [0.2, 0.25) is 0 Å². The molecule has 2 aliphatic rings. The zero-order chi connectivity index (χ0) is 20.1. The van der Waals surface area contributed by atoms with Crippen molar-refractivity contribution in [3.05, 3.63) is 53.4 Å². The van der Waals surface area contributed by atoms with Crippen molar-refractivity contribution in [3.8, 4) is 0 Å². The summed E-state index contributed by atoms with van der Waals surface area (Å²) in [5, 5.41) is 9.98. The molecule has 29 heavy (non-hydrogen) atoms. The predicted octanol–water partition coefficient (Wildman–Crippen LogP) is 1.44. The van der Waals surface area contributed by atoms with Gasteiger partial charge >= 0.3 is 0 Å². The molecule has 8 nitrogen and oxygen atoms in total. The Hall–Kier alpha value is -2.49. The number of sulfonamides is 1. The van der Waals surface area contributed by atoms with Gasteiger partial charge in [0.1, 0.15) is 0 Å². The first-order chi connectivity index (χ1) is 14.1. The predicted molar refractivity (Wildman–Crippen MR) is 113 cm³/mol. The molecule has 2 saturated heterocycles. The molecule has 2 aromatic rings. The van der Waals surface area contributed by atoms with Crippen molar-refractivity contribution in [2.24, 2.45) is 0 Å². The fourth-order valence-electron chi connectivity index (χ4n) is 3.43. The van der Waals surface area contributed by atoms with Crippen LogP contribution < -0.4 is 9.80 Å². The summed E-state index contributed by atoms with van der Waals surface area (Å²) < 4.78 is 32.1. The summed E-state index contributed by atoms with van der Waals surface area (Å²) in [4.78, 5) is 4.23. The van der Waals surface area contributed by atoms with E-state index in [0.717, 1.165) is 30.3 Å². The Bertz CT molecular complexity index is 920. The molecule has 0 unspecified atom stereocenters. The third kappa shape index (κ3) is 4.92. The number of hydrogen-bond acceptors (Lipinski definition) is 7. The maximum Gasteiger partial charge on any atom is 0.236 e. The third-order valence-corrected chi connectivity index (χ3v) is 6.69. The van der Waals surface area contributed by atoms with E-state index in [-0.39, 0.29) is 0 Å². The quantitative estimate of drug-likeness (QED) is 0.731. The van der Waals surface area contributed by atoms with Crippen molar-refractivity contribution in [2.75, 3.05) is 62.3 Å². The number of piperazine rings is 1. The highest BCUT2D eigenvalue weighted by Crippen LogP contribution is 2.19. The highest BCUT2D eigenvalue weighted by Gasteiger charge is 2.26. The maximum atomic E-state index is 12.6. The van der Waals surface area contributed by atoms with Crippen molar-refractivity contribution in [1.29, 1.82) is 0 Å².